The Hall–Kier alpha value is -1.68. The van der Waals surface area contributed by atoms with Gasteiger partial charge in [-0.2, -0.15) is 0 Å². The summed E-state index contributed by atoms with van der Waals surface area (Å²) in [6, 6.07) is 3.64. The van der Waals surface area contributed by atoms with Gasteiger partial charge < -0.3 is 4.74 Å². The van der Waals surface area contributed by atoms with Crippen LogP contribution in [0.4, 0.5) is 0 Å². The van der Waals surface area contributed by atoms with Gasteiger partial charge in [0.25, 0.3) is 0 Å². The summed E-state index contributed by atoms with van der Waals surface area (Å²) in [7, 11) is 0. The molecule has 0 fully saturated rings. The van der Waals surface area contributed by atoms with E-state index in [1.54, 1.807) is 18.5 Å². The molecule has 0 saturated carbocycles. The second kappa shape index (κ2) is 5.75. The lowest BCUT2D eigenvalue weighted by molar-refractivity contribution is 0.339. The lowest BCUT2D eigenvalue weighted by Crippen LogP contribution is -2.16. The summed E-state index contributed by atoms with van der Waals surface area (Å²) in [5.74, 6) is 1.43. The minimum absolute atomic E-state index is 0.162. The fraction of sp³-hybridized carbons (Fsp3) is 0.400. The van der Waals surface area contributed by atoms with E-state index in [4.69, 9.17) is 16.3 Å². The van der Waals surface area contributed by atoms with Crippen LogP contribution in [0, 0.1) is 0 Å². The van der Waals surface area contributed by atoms with Crippen LogP contribution in [0.2, 0.25) is 5.15 Å². The highest BCUT2D eigenvalue weighted by molar-refractivity contribution is 6.29. The Morgan fingerprint density at radius 1 is 1.15 bits per heavy atom. The van der Waals surface area contributed by atoms with Gasteiger partial charge in [-0.25, -0.2) is 9.97 Å². The normalized spacial score (nSPS) is 11.4. The predicted octanol–water partition coefficient (Wildman–Crippen LogP) is 3.89. The molecule has 0 aliphatic heterocycles. The first-order valence-corrected chi connectivity index (χ1v) is 6.91. The quantitative estimate of drug-likeness (QED) is 0.805. The third-order valence-corrected chi connectivity index (χ3v) is 2.88. The van der Waals surface area contributed by atoms with Gasteiger partial charge in [-0.15, -0.1) is 0 Å². The molecule has 0 aromatic carbocycles. The molecule has 0 aliphatic rings. The highest BCUT2D eigenvalue weighted by Gasteiger charge is 2.19. The van der Waals surface area contributed by atoms with Gasteiger partial charge in [0.15, 0.2) is 0 Å². The van der Waals surface area contributed by atoms with Crippen molar-refractivity contribution in [2.45, 2.75) is 33.1 Å². The zero-order valence-electron chi connectivity index (χ0n) is 12.1. The molecular formula is C15H18ClN3O. The SMILES string of the molecule is CCOc1cncc(-c2cc(Cl)nc(C(C)(C)C)n2)c1. The number of hydrogen-bond donors (Lipinski definition) is 0. The Morgan fingerprint density at radius 3 is 2.55 bits per heavy atom. The van der Waals surface area contributed by atoms with Gasteiger partial charge in [-0.3, -0.25) is 4.98 Å². The third-order valence-electron chi connectivity index (χ3n) is 2.69. The molecule has 20 heavy (non-hydrogen) atoms. The van der Waals surface area contributed by atoms with Crippen LogP contribution in [0.3, 0.4) is 0 Å². The molecule has 4 nitrogen and oxygen atoms in total. The average molecular weight is 292 g/mol. The summed E-state index contributed by atoms with van der Waals surface area (Å²) in [5.41, 5.74) is 1.46. The van der Waals surface area contributed by atoms with E-state index in [9.17, 15) is 0 Å². The van der Waals surface area contributed by atoms with Crippen molar-refractivity contribution < 1.29 is 4.74 Å². The van der Waals surface area contributed by atoms with Gasteiger partial charge in [0.05, 0.1) is 18.5 Å². The summed E-state index contributed by atoms with van der Waals surface area (Å²) < 4.78 is 5.46. The van der Waals surface area contributed by atoms with E-state index in [0.717, 1.165) is 17.0 Å². The molecular weight excluding hydrogens is 274 g/mol. The molecule has 0 N–H and O–H groups in total. The summed E-state index contributed by atoms with van der Waals surface area (Å²) in [4.78, 5) is 13.0. The summed E-state index contributed by atoms with van der Waals surface area (Å²) in [6.07, 6.45) is 3.42. The number of halogens is 1. The van der Waals surface area contributed by atoms with E-state index < -0.39 is 0 Å². The van der Waals surface area contributed by atoms with E-state index in [2.05, 4.69) is 35.7 Å². The Kier molecular flexibility index (Phi) is 4.23. The number of nitrogens with zero attached hydrogens (tertiary/aromatic N) is 3. The van der Waals surface area contributed by atoms with Crippen LogP contribution in [0.25, 0.3) is 11.3 Å². The van der Waals surface area contributed by atoms with Crippen molar-refractivity contribution in [1.82, 2.24) is 15.0 Å². The van der Waals surface area contributed by atoms with Gasteiger partial charge in [-0.05, 0) is 13.0 Å². The molecule has 2 rings (SSSR count). The van der Waals surface area contributed by atoms with Crippen molar-refractivity contribution in [3.05, 3.63) is 35.5 Å². The van der Waals surface area contributed by atoms with Crippen molar-refractivity contribution in [3.63, 3.8) is 0 Å². The van der Waals surface area contributed by atoms with E-state index in [-0.39, 0.29) is 5.41 Å². The Bertz CT molecular complexity index is 608. The van der Waals surface area contributed by atoms with Crippen LogP contribution < -0.4 is 4.74 Å². The Balaban J connectivity index is 2.47. The minimum atomic E-state index is -0.162. The molecule has 0 atom stereocenters. The van der Waals surface area contributed by atoms with E-state index in [1.165, 1.54) is 0 Å². The summed E-state index contributed by atoms with van der Waals surface area (Å²) >= 11 is 6.10. The standard InChI is InChI=1S/C15H18ClN3O/c1-5-20-11-6-10(8-17-9-11)12-7-13(16)19-14(18-12)15(2,3)4/h6-9H,5H2,1-4H3. The zero-order valence-corrected chi connectivity index (χ0v) is 12.9. The van der Waals surface area contributed by atoms with Crippen molar-refractivity contribution in [2.75, 3.05) is 6.61 Å². The molecule has 0 saturated heterocycles. The lowest BCUT2D eigenvalue weighted by atomic mass is 9.95. The first kappa shape index (κ1) is 14.7. The number of aromatic nitrogens is 3. The molecule has 0 bridgehead atoms. The van der Waals surface area contributed by atoms with Crippen LogP contribution in [0.15, 0.2) is 24.5 Å². The van der Waals surface area contributed by atoms with Crippen molar-refractivity contribution in [3.8, 4) is 17.0 Å². The Morgan fingerprint density at radius 2 is 1.90 bits per heavy atom. The van der Waals surface area contributed by atoms with Gasteiger partial charge in [0, 0.05) is 23.2 Å². The van der Waals surface area contributed by atoms with Crippen molar-refractivity contribution in [2.24, 2.45) is 0 Å². The summed E-state index contributed by atoms with van der Waals surface area (Å²) in [5, 5.41) is 0.432. The van der Waals surface area contributed by atoms with Crippen LogP contribution in [0.5, 0.6) is 5.75 Å². The largest absolute Gasteiger partial charge is 0.492 e. The first-order valence-electron chi connectivity index (χ1n) is 6.53. The maximum Gasteiger partial charge on any atom is 0.138 e. The lowest BCUT2D eigenvalue weighted by Gasteiger charge is -2.17. The fourth-order valence-electron chi connectivity index (χ4n) is 1.71. The van der Waals surface area contributed by atoms with Crippen molar-refractivity contribution >= 4 is 11.6 Å². The smallest absolute Gasteiger partial charge is 0.138 e. The number of ether oxygens (including phenoxy) is 1. The maximum atomic E-state index is 6.10. The predicted molar refractivity (Wildman–Crippen MR) is 80.1 cm³/mol. The topological polar surface area (TPSA) is 47.9 Å². The molecule has 0 radical (unpaired) electrons. The first-order chi connectivity index (χ1) is 9.40. The van der Waals surface area contributed by atoms with Crippen molar-refractivity contribution in [1.29, 1.82) is 0 Å². The minimum Gasteiger partial charge on any atom is -0.492 e. The van der Waals surface area contributed by atoms with Gasteiger partial charge in [0.1, 0.15) is 16.7 Å². The van der Waals surface area contributed by atoms with Gasteiger partial charge in [0.2, 0.25) is 0 Å². The maximum absolute atomic E-state index is 6.10. The van der Waals surface area contributed by atoms with Gasteiger partial charge >= 0.3 is 0 Å². The van der Waals surface area contributed by atoms with Gasteiger partial charge in [-0.1, -0.05) is 32.4 Å². The fourth-order valence-corrected chi connectivity index (χ4v) is 1.89. The number of rotatable bonds is 3. The monoisotopic (exact) mass is 291 g/mol. The highest BCUT2D eigenvalue weighted by atomic mass is 35.5. The average Bonchev–Trinajstić information content (AvgIpc) is 2.38. The second-order valence-corrected chi connectivity index (χ2v) is 5.88. The molecule has 0 amide bonds. The molecule has 0 aliphatic carbocycles. The molecule has 5 heteroatoms. The molecule has 0 spiro atoms. The third kappa shape index (κ3) is 3.45. The van der Waals surface area contributed by atoms with Crippen LogP contribution in [-0.4, -0.2) is 21.6 Å². The van der Waals surface area contributed by atoms with Crippen LogP contribution in [-0.2, 0) is 5.41 Å². The molecule has 2 aromatic rings. The molecule has 0 unspecified atom stereocenters. The number of hydrogen-bond acceptors (Lipinski definition) is 4. The van der Waals surface area contributed by atoms with E-state index in [1.807, 2.05) is 13.0 Å². The summed E-state index contributed by atoms with van der Waals surface area (Å²) in [6.45, 7) is 8.70. The molecule has 2 heterocycles. The molecule has 2 aromatic heterocycles. The Labute approximate surface area is 124 Å². The van der Waals surface area contributed by atoms with E-state index in [0.29, 0.717) is 17.6 Å². The van der Waals surface area contributed by atoms with Crippen LogP contribution >= 0.6 is 11.6 Å². The number of pyridine rings is 1. The van der Waals surface area contributed by atoms with Crippen LogP contribution in [0.1, 0.15) is 33.5 Å². The molecule has 106 valence electrons. The zero-order chi connectivity index (χ0) is 14.8. The van der Waals surface area contributed by atoms with E-state index >= 15 is 0 Å². The highest BCUT2D eigenvalue weighted by Crippen LogP contribution is 2.26. The second-order valence-electron chi connectivity index (χ2n) is 5.49.